The van der Waals surface area contributed by atoms with E-state index in [2.05, 4.69) is 10.2 Å². The van der Waals surface area contributed by atoms with E-state index in [1.807, 2.05) is 11.9 Å². The van der Waals surface area contributed by atoms with Gasteiger partial charge in [-0.3, -0.25) is 5.10 Å². The van der Waals surface area contributed by atoms with E-state index in [1.165, 1.54) is 12.1 Å². The van der Waals surface area contributed by atoms with Crippen molar-refractivity contribution >= 4 is 0 Å². The molecule has 19 heavy (non-hydrogen) atoms. The number of nitrogens with one attached hydrogen (secondary N) is 1. The minimum absolute atomic E-state index is 0.315. The first kappa shape index (κ1) is 13.6. The summed E-state index contributed by atoms with van der Waals surface area (Å²) >= 11 is 0. The molecule has 102 valence electrons. The van der Waals surface area contributed by atoms with E-state index in [4.69, 9.17) is 5.73 Å². The molecular weight excluding hydrogens is 250 g/mol. The van der Waals surface area contributed by atoms with Gasteiger partial charge in [0.15, 0.2) is 0 Å². The van der Waals surface area contributed by atoms with Crippen molar-refractivity contribution in [3.63, 3.8) is 0 Å². The summed E-state index contributed by atoms with van der Waals surface area (Å²) in [6.45, 7) is 1.88. The molecule has 0 aliphatic heterocycles. The van der Waals surface area contributed by atoms with Gasteiger partial charge in [0, 0.05) is 36.8 Å². The lowest BCUT2D eigenvalue weighted by atomic mass is 10.1. The SMILES string of the molecule is CN(CCN)Cc1cn[nH]c1-c1ccc(F)cc1F. The first-order valence-electron chi connectivity index (χ1n) is 5.98. The summed E-state index contributed by atoms with van der Waals surface area (Å²) in [5, 5.41) is 6.69. The average Bonchev–Trinajstić information content (AvgIpc) is 2.77. The summed E-state index contributed by atoms with van der Waals surface area (Å²) in [5.41, 5.74) is 7.22. The maximum absolute atomic E-state index is 13.8. The maximum Gasteiger partial charge on any atom is 0.135 e. The number of likely N-dealkylation sites (N-methyl/N-ethyl adjacent to an activating group) is 1. The summed E-state index contributed by atoms with van der Waals surface area (Å²) in [7, 11) is 1.92. The average molecular weight is 266 g/mol. The van der Waals surface area contributed by atoms with Crippen LogP contribution < -0.4 is 5.73 Å². The van der Waals surface area contributed by atoms with E-state index in [1.54, 1.807) is 6.20 Å². The molecule has 0 atom stereocenters. The molecule has 2 rings (SSSR count). The molecule has 1 aromatic heterocycles. The highest BCUT2D eigenvalue weighted by Gasteiger charge is 2.13. The number of halogens is 2. The first-order valence-corrected chi connectivity index (χ1v) is 5.98. The van der Waals surface area contributed by atoms with Crippen LogP contribution in [0.2, 0.25) is 0 Å². The number of nitrogens with two attached hydrogens (primary N) is 1. The van der Waals surface area contributed by atoms with Gasteiger partial charge >= 0.3 is 0 Å². The smallest absolute Gasteiger partial charge is 0.135 e. The van der Waals surface area contributed by atoms with E-state index in [0.717, 1.165) is 18.2 Å². The molecule has 6 heteroatoms. The van der Waals surface area contributed by atoms with Gasteiger partial charge in [-0.1, -0.05) is 0 Å². The second-order valence-electron chi connectivity index (χ2n) is 4.42. The fourth-order valence-corrected chi connectivity index (χ4v) is 1.95. The predicted molar refractivity (Wildman–Crippen MR) is 69.3 cm³/mol. The van der Waals surface area contributed by atoms with E-state index >= 15 is 0 Å². The van der Waals surface area contributed by atoms with Crippen LogP contribution in [-0.4, -0.2) is 35.2 Å². The van der Waals surface area contributed by atoms with Gasteiger partial charge < -0.3 is 10.6 Å². The molecule has 0 saturated carbocycles. The summed E-state index contributed by atoms with van der Waals surface area (Å²) < 4.78 is 26.7. The molecular formula is C13H16F2N4. The Morgan fingerprint density at radius 2 is 2.16 bits per heavy atom. The Morgan fingerprint density at radius 1 is 1.37 bits per heavy atom. The fourth-order valence-electron chi connectivity index (χ4n) is 1.95. The van der Waals surface area contributed by atoms with Crippen LogP contribution in [0.25, 0.3) is 11.3 Å². The zero-order chi connectivity index (χ0) is 13.8. The van der Waals surface area contributed by atoms with Crippen molar-refractivity contribution in [3.05, 3.63) is 41.6 Å². The van der Waals surface area contributed by atoms with Crippen molar-refractivity contribution in [1.29, 1.82) is 0 Å². The van der Waals surface area contributed by atoms with Gasteiger partial charge in [-0.15, -0.1) is 0 Å². The summed E-state index contributed by atoms with van der Waals surface area (Å²) in [4.78, 5) is 2.01. The number of nitrogens with zero attached hydrogens (tertiary/aromatic N) is 2. The van der Waals surface area contributed by atoms with Crippen molar-refractivity contribution in [2.24, 2.45) is 5.73 Å². The molecule has 3 N–H and O–H groups in total. The number of aromatic amines is 1. The zero-order valence-corrected chi connectivity index (χ0v) is 10.7. The van der Waals surface area contributed by atoms with Crippen LogP contribution >= 0.6 is 0 Å². The normalized spacial score (nSPS) is 11.2. The van der Waals surface area contributed by atoms with Crippen LogP contribution in [0.3, 0.4) is 0 Å². The second kappa shape index (κ2) is 5.90. The standard InChI is InChI=1S/C13H16F2N4/c1-19(5-4-16)8-9-7-17-18-13(9)11-3-2-10(14)6-12(11)15/h2-3,6-7H,4-5,8,16H2,1H3,(H,17,18). The number of hydrogen-bond acceptors (Lipinski definition) is 3. The van der Waals surface area contributed by atoms with E-state index < -0.39 is 11.6 Å². The van der Waals surface area contributed by atoms with Crippen LogP contribution in [0, 0.1) is 11.6 Å². The highest BCUT2D eigenvalue weighted by atomic mass is 19.1. The lowest BCUT2D eigenvalue weighted by molar-refractivity contribution is 0.337. The number of H-pyrrole nitrogens is 1. The van der Waals surface area contributed by atoms with Crippen molar-refractivity contribution in [2.75, 3.05) is 20.1 Å². The Labute approximate surface area is 110 Å². The predicted octanol–water partition coefficient (Wildman–Crippen LogP) is 1.75. The minimum atomic E-state index is -0.605. The van der Waals surface area contributed by atoms with Crippen molar-refractivity contribution in [2.45, 2.75) is 6.54 Å². The molecule has 0 aliphatic rings. The van der Waals surface area contributed by atoms with Gasteiger partial charge in [-0.05, 0) is 19.2 Å². The molecule has 4 nitrogen and oxygen atoms in total. The van der Waals surface area contributed by atoms with Gasteiger partial charge in [0.1, 0.15) is 11.6 Å². The Balaban J connectivity index is 2.28. The first-order chi connectivity index (χ1) is 9.11. The van der Waals surface area contributed by atoms with Crippen LogP contribution in [0.5, 0.6) is 0 Å². The van der Waals surface area contributed by atoms with Gasteiger partial charge in [0.05, 0.1) is 11.9 Å². The van der Waals surface area contributed by atoms with Crippen LogP contribution in [0.1, 0.15) is 5.56 Å². The Morgan fingerprint density at radius 3 is 2.84 bits per heavy atom. The summed E-state index contributed by atoms with van der Waals surface area (Å²) in [5.74, 6) is -1.20. The molecule has 0 bridgehead atoms. The third kappa shape index (κ3) is 3.15. The third-order valence-corrected chi connectivity index (χ3v) is 2.87. The monoisotopic (exact) mass is 266 g/mol. The molecule has 0 aliphatic carbocycles. The molecule has 0 radical (unpaired) electrons. The largest absolute Gasteiger partial charge is 0.329 e. The molecule has 1 heterocycles. The Hall–Kier alpha value is -1.79. The van der Waals surface area contributed by atoms with Crippen molar-refractivity contribution in [3.8, 4) is 11.3 Å². The van der Waals surface area contributed by atoms with Crippen LogP contribution in [-0.2, 0) is 6.54 Å². The van der Waals surface area contributed by atoms with E-state index in [-0.39, 0.29) is 0 Å². The molecule has 0 amide bonds. The Bertz CT molecular complexity index is 553. The van der Waals surface area contributed by atoms with Gasteiger partial charge in [0.2, 0.25) is 0 Å². The minimum Gasteiger partial charge on any atom is -0.329 e. The lowest BCUT2D eigenvalue weighted by Crippen LogP contribution is -2.25. The number of aromatic nitrogens is 2. The molecule has 0 fully saturated rings. The molecule has 0 unspecified atom stereocenters. The highest BCUT2D eigenvalue weighted by Crippen LogP contribution is 2.25. The summed E-state index contributed by atoms with van der Waals surface area (Å²) in [6, 6.07) is 3.50. The quantitative estimate of drug-likeness (QED) is 0.866. The van der Waals surface area contributed by atoms with Crippen LogP contribution in [0.4, 0.5) is 8.78 Å². The molecule has 2 aromatic rings. The highest BCUT2D eigenvalue weighted by molar-refractivity contribution is 5.63. The number of rotatable bonds is 5. The van der Waals surface area contributed by atoms with E-state index in [0.29, 0.717) is 24.3 Å². The second-order valence-corrected chi connectivity index (χ2v) is 4.42. The van der Waals surface area contributed by atoms with Gasteiger partial charge in [-0.25, -0.2) is 8.78 Å². The van der Waals surface area contributed by atoms with Gasteiger partial charge in [-0.2, -0.15) is 5.10 Å². The van der Waals surface area contributed by atoms with E-state index in [9.17, 15) is 8.78 Å². The molecule has 1 aromatic carbocycles. The lowest BCUT2D eigenvalue weighted by Gasteiger charge is -2.15. The zero-order valence-electron chi connectivity index (χ0n) is 10.7. The van der Waals surface area contributed by atoms with Gasteiger partial charge in [0.25, 0.3) is 0 Å². The maximum atomic E-state index is 13.8. The number of hydrogen-bond donors (Lipinski definition) is 2. The third-order valence-electron chi connectivity index (χ3n) is 2.87. The molecule has 0 saturated heterocycles. The topological polar surface area (TPSA) is 57.9 Å². The number of benzene rings is 1. The van der Waals surface area contributed by atoms with Crippen molar-refractivity contribution < 1.29 is 8.78 Å². The Kier molecular flexibility index (Phi) is 4.24. The van der Waals surface area contributed by atoms with Crippen molar-refractivity contribution in [1.82, 2.24) is 15.1 Å². The fraction of sp³-hybridized carbons (Fsp3) is 0.308. The summed E-state index contributed by atoms with van der Waals surface area (Å²) in [6.07, 6.45) is 1.64. The van der Waals surface area contributed by atoms with Crippen LogP contribution in [0.15, 0.2) is 24.4 Å². The molecule has 0 spiro atoms.